The van der Waals surface area contributed by atoms with Crippen molar-refractivity contribution in [2.24, 2.45) is 0 Å². The second-order valence-electron chi connectivity index (χ2n) is 3.33. The van der Waals surface area contributed by atoms with Crippen LogP contribution < -0.4 is 5.73 Å². The van der Waals surface area contributed by atoms with Crippen LogP contribution in [0.4, 0.5) is 5.69 Å². The molecule has 0 amide bonds. The molecule has 0 fully saturated rings. The number of ketones is 1. The molecule has 0 aliphatic heterocycles. The largest absolute Gasteiger partial charge is 0.398 e. The smallest absolute Gasteiger partial charge is 0.205 e. The summed E-state index contributed by atoms with van der Waals surface area (Å²) < 4.78 is 0. The summed E-state index contributed by atoms with van der Waals surface area (Å²) in [5.41, 5.74) is 6.87. The van der Waals surface area contributed by atoms with Crippen LogP contribution in [0, 0.1) is 6.92 Å². The summed E-state index contributed by atoms with van der Waals surface area (Å²) in [6.07, 6.45) is 0. The van der Waals surface area contributed by atoms with Crippen LogP contribution in [0.5, 0.6) is 0 Å². The molecular formula is C12H11NOS. The molecule has 2 rings (SSSR count). The van der Waals surface area contributed by atoms with Gasteiger partial charge in [0.25, 0.3) is 0 Å². The highest BCUT2D eigenvalue weighted by Gasteiger charge is 2.12. The summed E-state index contributed by atoms with van der Waals surface area (Å²) in [6, 6.07) is 10.9. The predicted molar refractivity (Wildman–Crippen MR) is 63.3 cm³/mol. The van der Waals surface area contributed by atoms with Gasteiger partial charge in [0.15, 0.2) is 0 Å². The summed E-state index contributed by atoms with van der Waals surface area (Å²) in [7, 11) is 0. The van der Waals surface area contributed by atoms with Crippen LogP contribution in [0.25, 0.3) is 0 Å². The Hall–Kier alpha value is -1.61. The molecule has 3 heteroatoms. The van der Waals surface area contributed by atoms with Gasteiger partial charge >= 0.3 is 0 Å². The molecular weight excluding hydrogens is 206 g/mol. The minimum Gasteiger partial charge on any atom is -0.398 e. The highest BCUT2D eigenvalue weighted by molar-refractivity contribution is 7.14. The molecule has 0 bridgehead atoms. The molecule has 2 aromatic rings. The molecule has 0 unspecified atom stereocenters. The minimum atomic E-state index is 0.00574. The Morgan fingerprint density at radius 3 is 2.53 bits per heavy atom. The van der Waals surface area contributed by atoms with Gasteiger partial charge in [-0.25, -0.2) is 0 Å². The van der Waals surface area contributed by atoms with E-state index >= 15 is 0 Å². The first-order valence-corrected chi connectivity index (χ1v) is 5.46. The number of carbonyl (C=O) groups excluding carboxylic acids is 1. The van der Waals surface area contributed by atoms with Crippen molar-refractivity contribution in [3.8, 4) is 0 Å². The number of nitrogen functional groups attached to an aromatic ring is 1. The molecule has 2 N–H and O–H groups in total. The van der Waals surface area contributed by atoms with E-state index in [-0.39, 0.29) is 5.78 Å². The maximum absolute atomic E-state index is 12.0. The fourth-order valence-corrected chi connectivity index (χ4v) is 2.21. The Labute approximate surface area is 92.4 Å². The molecule has 0 saturated carbocycles. The maximum Gasteiger partial charge on any atom is 0.205 e. The monoisotopic (exact) mass is 217 g/mol. The van der Waals surface area contributed by atoms with Crippen LogP contribution in [0.2, 0.25) is 0 Å². The first-order chi connectivity index (χ1) is 7.18. The fraction of sp³-hybridized carbons (Fsp3) is 0.0833. The number of para-hydroxylation sites is 1. The van der Waals surface area contributed by atoms with Crippen molar-refractivity contribution in [1.82, 2.24) is 0 Å². The third kappa shape index (κ3) is 1.92. The van der Waals surface area contributed by atoms with E-state index in [1.807, 2.05) is 31.2 Å². The third-order valence-electron chi connectivity index (χ3n) is 2.17. The lowest BCUT2D eigenvalue weighted by atomic mass is 10.1. The lowest BCUT2D eigenvalue weighted by Crippen LogP contribution is -2.02. The normalized spacial score (nSPS) is 10.2. The van der Waals surface area contributed by atoms with Crippen LogP contribution >= 0.6 is 11.3 Å². The highest BCUT2D eigenvalue weighted by atomic mass is 32.1. The molecule has 15 heavy (non-hydrogen) atoms. The number of anilines is 1. The van der Waals surface area contributed by atoms with Crippen molar-refractivity contribution in [2.75, 3.05) is 5.73 Å². The van der Waals surface area contributed by atoms with E-state index in [2.05, 4.69) is 0 Å². The Bertz CT molecular complexity index is 502. The fourth-order valence-electron chi connectivity index (χ4n) is 1.39. The van der Waals surface area contributed by atoms with Gasteiger partial charge < -0.3 is 5.73 Å². The van der Waals surface area contributed by atoms with E-state index in [9.17, 15) is 4.79 Å². The van der Waals surface area contributed by atoms with Crippen LogP contribution in [-0.4, -0.2) is 5.78 Å². The minimum absolute atomic E-state index is 0.00574. The van der Waals surface area contributed by atoms with Crippen LogP contribution in [-0.2, 0) is 0 Å². The Morgan fingerprint density at radius 1 is 1.20 bits per heavy atom. The van der Waals surface area contributed by atoms with E-state index in [0.29, 0.717) is 11.3 Å². The van der Waals surface area contributed by atoms with Crippen molar-refractivity contribution < 1.29 is 4.79 Å². The van der Waals surface area contributed by atoms with Gasteiger partial charge in [0.05, 0.1) is 4.88 Å². The predicted octanol–water partition coefficient (Wildman–Crippen LogP) is 2.87. The van der Waals surface area contributed by atoms with Crippen molar-refractivity contribution >= 4 is 22.8 Å². The van der Waals surface area contributed by atoms with Crippen LogP contribution in [0.15, 0.2) is 36.4 Å². The summed E-state index contributed by atoms with van der Waals surface area (Å²) in [4.78, 5) is 13.9. The molecule has 0 aliphatic rings. The van der Waals surface area contributed by atoms with E-state index in [4.69, 9.17) is 5.73 Å². The van der Waals surface area contributed by atoms with Crippen LogP contribution in [0.3, 0.4) is 0 Å². The number of carbonyl (C=O) groups is 1. The zero-order valence-corrected chi connectivity index (χ0v) is 9.17. The SMILES string of the molecule is Cc1ccc(C(=O)c2ccccc2N)s1. The first kappa shape index (κ1) is 9.93. The van der Waals surface area contributed by atoms with Gasteiger partial charge in [0, 0.05) is 16.1 Å². The molecule has 1 heterocycles. The average Bonchev–Trinajstić information content (AvgIpc) is 2.65. The van der Waals surface area contributed by atoms with Crippen molar-refractivity contribution in [3.05, 3.63) is 51.7 Å². The second-order valence-corrected chi connectivity index (χ2v) is 4.61. The molecule has 0 aliphatic carbocycles. The Morgan fingerprint density at radius 2 is 1.93 bits per heavy atom. The number of thiophene rings is 1. The van der Waals surface area contributed by atoms with Crippen LogP contribution in [0.1, 0.15) is 20.1 Å². The summed E-state index contributed by atoms with van der Waals surface area (Å²) in [6.45, 7) is 1.98. The van der Waals surface area contributed by atoms with Gasteiger partial charge in [-0.1, -0.05) is 12.1 Å². The molecule has 2 nitrogen and oxygen atoms in total. The number of rotatable bonds is 2. The Balaban J connectivity index is 2.41. The van der Waals surface area contributed by atoms with Gasteiger partial charge in [-0.05, 0) is 31.2 Å². The van der Waals surface area contributed by atoms with Gasteiger partial charge in [-0.3, -0.25) is 4.79 Å². The molecule has 76 valence electrons. The van der Waals surface area contributed by atoms with Gasteiger partial charge in [-0.2, -0.15) is 0 Å². The molecule has 0 spiro atoms. The first-order valence-electron chi connectivity index (χ1n) is 4.64. The molecule has 1 aromatic carbocycles. The summed E-state index contributed by atoms with van der Waals surface area (Å²) >= 11 is 1.49. The molecule has 1 aromatic heterocycles. The lowest BCUT2D eigenvalue weighted by molar-refractivity contribution is 0.104. The van der Waals surface area contributed by atoms with Gasteiger partial charge in [0.2, 0.25) is 5.78 Å². The van der Waals surface area contributed by atoms with E-state index in [0.717, 1.165) is 9.75 Å². The number of benzene rings is 1. The topological polar surface area (TPSA) is 43.1 Å². The standard InChI is InChI=1S/C12H11NOS/c1-8-6-7-11(15-8)12(14)9-4-2-3-5-10(9)13/h2-7H,13H2,1H3. The molecule has 0 saturated heterocycles. The Kier molecular flexibility index (Phi) is 2.56. The van der Waals surface area contributed by atoms with Crippen molar-refractivity contribution in [1.29, 1.82) is 0 Å². The van der Waals surface area contributed by atoms with Gasteiger partial charge in [0.1, 0.15) is 0 Å². The zero-order chi connectivity index (χ0) is 10.8. The quantitative estimate of drug-likeness (QED) is 0.621. The number of hydrogen-bond acceptors (Lipinski definition) is 3. The molecule has 0 atom stereocenters. The zero-order valence-electron chi connectivity index (χ0n) is 8.36. The van der Waals surface area contributed by atoms with E-state index in [1.165, 1.54) is 11.3 Å². The maximum atomic E-state index is 12.0. The number of aryl methyl sites for hydroxylation is 1. The van der Waals surface area contributed by atoms with Crippen molar-refractivity contribution in [2.45, 2.75) is 6.92 Å². The average molecular weight is 217 g/mol. The third-order valence-corrected chi connectivity index (χ3v) is 3.17. The van der Waals surface area contributed by atoms with Gasteiger partial charge in [-0.15, -0.1) is 11.3 Å². The second kappa shape index (κ2) is 3.87. The lowest BCUT2D eigenvalue weighted by Gasteiger charge is -2.01. The van der Waals surface area contributed by atoms with Crippen molar-refractivity contribution in [3.63, 3.8) is 0 Å². The summed E-state index contributed by atoms with van der Waals surface area (Å²) in [5.74, 6) is 0.00574. The van der Waals surface area contributed by atoms with E-state index in [1.54, 1.807) is 12.1 Å². The number of hydrogen-bond donors (Lipinski definition) is 1. The number of nitrogens with two attached hydrogens (primary N) is 1. The highest BCUT2D eigenvalue weighted by Crippen LogP contribution is 2.21. The van der Waals surface area contributed by atoms with E-state index < -0.39 is 0 Å². The summed E-state index contributed by atoms with van der Waals surface area (Å²) in [5, 5.41) is 0. The molecule has 0 radical (unpaired) electrons.